The zero-order chi connectivity index (χ0) is 14.3. The molecule has 0 amide bonds. The SMILES string of the molecule is C=C/C=c1\c(=C)c2ccc3ccccc3c2n1C(C)C. The Morgan fingerprint density at radius 2 is 1.80 bits per heavy atom. The maximum atomic E-state index is 4.28. The van der Waals surface area contributed by atoms with E-state index in [0.717, 1.165) is 10.6 Å². The van der Waals surface area contributed by atoms with Gasteiger partial charge in [-0.1, -0.05) is 55.6 Å². The van der Waals surface area contributed by atoms with Gasteiger partial charge in [0.2, 0.25) is 0 Å². The van der Waals surface area contributed by atoms with Crippen LogP contribution in [0.15, 0.2) is 49.1 Å². The van der Waals surface area contributed by atoms with Crippen LogP contribution in [0.4, 0.5) is 0 Å². The lowest BCUT2D eigenvalue weighted by Gasteiger charge is -2.12. The normalized spacial score (nSPS) is 12.7. The standard InChI is InChI=1S/C19H19N/c1-5-8-18-14(4)16-12-11-15-9-6-7-10-17(15)19(16)20(18)13(2)3/h5-13H,1,4H2,2-3H3/b18-8+. The molecular formula is C19H19N. The molecule has 0 spiro atoms. The van der Waals surface area contributed by atoms with E-state index in [-0.39, 0.29) is 0 Å². The van der Waals surface area contributed by atoms with Crippen LogP contribution in [0.3, 0.4) is 0 Å². The molecule has 1 heteroatoms. The largest absolute Gasteiger partial charge is 0.337 e. The van der Waals surface area contributed by atoms with Gasteiger partial charge in [-0.15, -0.1) is 0 Å². The third-order valence-corrected chi connectivity index (χ3v) is 3.83. The van der Waals surface area contributed by atoms with Crippen molar-refractivity contribution < 1.29 is 0 Å². The third kappa shape index (κ3) is 1.70. The summed E-state index contributed by atoms with van der Waals surface area (Å²) >= 11 is 0. The Balaban J connectivity index is 2.68. The first-order chi connectivity index (χ1) is 9.65. The number of benzene rings is 2. The maximum absolute atomic E-state index is 4.28. The van der Waals surface area contributed by atoms with Crippen molar-refractivity contribution in [2.45, 2.75) is 19.9 Å². The van der Waals surface area contributed by atoms with E-state index in [4.69, 9.17) is 0 Å². The van der Waals surface area contributed by atoms with Crippen LogP contribution in [0, 0.1) is 0 Å². The van der Waals surface area contributed by atoms with Gasteiger partial charge in [0.05, 0.1) is 5.52 Å². The quantitative estimate of drug-likeness (QED) is 0.662. The van der Waals surface area contributed by atoms with E-state index in [2.05, 4.69) is 74.0 Å². The van der Waals surface area contributed by atoms with Crippen LogP contribution >= 0.6 is 0 Å². The highest BCUT2D eigenvalue weighted by Crippen LogP contribution is 2.24. The minimum absolute atomic E-state index is 0.380. The summed E-state index contributed by atoms with van der Waals surface area (Å²) in [6.07, 6.45) is 3.89. The smallest absolute Gasteiger partial charge is 0.0573 e. The molecule has 1 nitrogen and oxygen atoms in total. The lowest BCUT2D eigenvalue weighted by molar-refractivity contribution is 0.608. The zero-order valence-electron chi connectivity index (χ0n) is 12.1. The monoisotopic (exact) mass is 261 g/mol. The molecule has 1 heterocycles. The Labute approximate surface area is 119 Å². The molecule has 0 aliphatic carbocycles. The predicted octanol–water partition coefficient (Wildman–Crippen LogP) is 3.75. The highest BCUT2D eigenvalue weighted by molar-refractivity contribution is 6.06. The lowest BCUT2D eigenvalue weighted by atomic mass is 10.1. The summed E-state index contributed by atoms with van der Waals surface area (Å²) in [7, 11) is 0. The fraction of sp³-hybridized carbons (Fsp3) is 0.158. The second-order valence-electron chi connectivity index (χ2n) is 5.41. The van der Waals surface area contributed by atoms with Gasteiger partial charge < -0.3 is 4.57 Å². The van der Waals surface area contributed by atoms with Crippen LogP contribution < -0.4 is 10.6 Å². The van der Waals surface area contributed by atoms with E-state index in [0.29, 0.717) is 6.04 Å². The van der Waals surface area contributed by atoms with E-state index in [1.165, 1.54) is 21.7 Å². The van der Waals surface area contributed by atoms with E-state index in [9.17, 15) is 0 Å². The summed E-state index contributed by atoms with van der Waals surface area (Å²) in [5, 5.41) is 6.02. The average molecular weight is 261 g/mol. The third-order valence-electron chi connectivity index (χ3n) is 3.83. The summed E-state index contributed by atoms with van der Waals surface area (Å²) in [5.41, 5.74) is 1.27. The van der Waals surface area contributed by atoms with Gasteiger partial charge in [0.1, 0.15) is 0 Å². The number of fused-ring (bicyclic) bond motifs is 3. The molecule has 100 valence electrons. The van der Waals surface area contributed by atoms with E-state index in [1.54, 1.807) is 0 Å². The Hall–Kier alpha value is -2.28. The molecule has 0 aliphatic rings. The van der Waals surface area contributed by atoms with Gasteiger partial charge in [0.25, 0.3) is 0 Å². The molecular weight excluding hydrogens is 242 g/mol. The molecule has 3 aromatic rings. The number of rotatable bonds is 2. The van der Waals surface area contributed by atoms with Gasteiger partial charge >= 0.3 is 0 Å². The summed E-state index contributed by atoms with van der Waals surface area (Å²) in [4.78, 5) is 0. The summed E-state index contributed by atoms with van der Waals surface area (Å²) in [6.45, 7) is 12.5. The molecule has 1 aromatic heterocycles. The molecule has 20 heavy (non-hydrogen) atoms. The molecule has 0 atom stereocenters. The number of nitrogens with zero attached hydrogens (tertiary/aromatic N) is 1. The van der Waals surface area contributed by atoms with E-state index < -0.39 is 0 Å². The van der Waals surface area contributed by atoms with E-state index >= 15 is 0 Å². The Morgan fingerprint density at radius 3 is 2.50 bits per heavy atom. The number of hydrogen-bond acceptors (Lipinski definition) is 0. The molecule has 0 saturated carbocycles. The van der Waals surface area contributed by atoms with Gasteiger partial charge in [-0.3, -0.25) is 0 Å². The lowest BCUT2D eigenvalue weighted by Crippen LogP contribution is -2.29. The second-order valence-corrected chi connectivity index (χ2v) is 5.41. The topological polar surface area (TPSA) is 4.93 Å². The van der Waals surface area contributed by atoms with Gasteiger partial charge in [0.15, 0.2) is 0 Å². The Kier molecular flexibility index (Phi) is 2.98. The summed E-state index contributed by atoms with van der Waals surface area (Å²) in [6, 6.07) is 13.3. The van der Waals surface area contributed by atoms with E-state index in [1.807, 2.05) is 6.08 Å². The van der Waals surface area contributed by atoms with Crippen molar-refractivity contribution in [1.82, 2.24) is 4.57 Å². The van der Waals surface area contributed by atoms with Crippen molar-refractivity contribution in [2.75, 3.05) is 0 Å². The highest BCUT2D eigenvalue weighted by atomic mass is 15.0. The maximum Gasteiger partial charge on any atom is 0.0573 e. The van der Waals surface area contributed by atoms with Crippen LogP contribution in [0.5, 0.6) is 0 Å². The van der Waals surface area contributed by atoms with Gasteiger partial charge in [-0.2, -0.15) is 0 Å². The molecule has 0 radical (unpaired) electrons. The number of allylic oxidation sites excluding steroid dienone is 1. The molecule has 0 unspecified atom stereocenters. The summed E-state index contributed by atoms with van der Waals surface area (Å²) < 4.78 is 2.36. The van der Waals surface area contributed by atoms with Crippen molar-refractivity contribution >= 4 is 34.3 Å². The van der Waals surface area contributed by atoms with Crippen molar-refractivity contribution in [3.63, 3.8) is 0 Å². The van der Waals surface area contributed by atoms with Crippen LogP contribution in [0.25, 0.3) is 34.3 Å². The minimum Gasteiger partial charge on any atom is -0.337 e. The number of hydrogen-bond donors (Lipinski definition) is 0. The summed E-state index contributed by atoms with van der Waals surface area (Å²) in [5.74, 6) is 0. The molecule has 3 rings (SSSR count). The molecule has 2 aromatic carbocycles. The van der Waals surface area contributed by atoms with Crippen molar-refractivity contribution in [3.8, 4) is 0 Å². The Bertz CT molecular complexity index is 910. The first-order valence-electron chi connectivity index (χ1n) is 6.98. The molecule has 0 N–H and O–H groups in total. The molecule has 0 saturated heterocycles. The Morgan fingerprint density at radius 1 is 1.05 bits per heavy atom. The highest BCUT2D eigenvalue weighted by Gasteiger charge is 2.11. The number of aromatic nitrogens is 1. The average Bonchev–Trinajstić information content (AvgIpc) is 2.73. The van der Waals surface area contributed by atoms with Gasteiger partial charge in [-0.25, -0.2) is 0 Å². The van der Waals surface area contributed by atoms with Crippen molar-refractivity contribution in [1.29, 1.82) is 0 Å². The van der Waals surface area contributed by atoms with Gasteiger partial charge in [0, 0.05) is 27.4 Å². The van der Waals surface area contributed by atoms with Crippen molar-refractivity contribution in [3.05, 3.63) is 59.6 Å². The predicted molar refractivity (Wildman–Crippen MR) is 89.3 cm³/mol. The minimum atomic E-state index is 0.380. The van der Waals surface area contributed by atoms with Crippen LogP contribution in [0.1, 0.15) is 19.9 Å². The molecule has 0 aliphatic heterocycles. The van der Waals surface area contributed by atoms with Crippen LogP contribution in [-0.2, 0) is 0 Å². The fourth-order valence-electron chi connectivity index (χ4n) is 2.99. The van der Waals surface area contributed by atoms with Crippen LogP contribution in [-0.4, -0.2) is 4.57 Å². The second kappa shape index (κ2) is 4.68. The fourth-order valence-corrected chi connectivity index (χ4v) is 2.99. The van der Waals surface area contributed by atoms with Crippen LogP contribution in [0.2, 0.25) is 0 Å². The van der Waals surface area contributed by atoms with Crippen molar-refractivity contribution in [2.24, 2.45) is 0 Å². The first-order valence-corrected chi connectivity index (χ1v) is 6.98. The zero-order valence-corrected chi connectivity index (χ0v) is 12.1. The first kappa shape index (κ1) is 12.7. The molecule has 0 fully saturated rings. The molecule has 0 bridgehead atoms. The van der Waals surface area contributed by atoms with Gasteiger partial charge in [-0.05, 0) is 25.3 Å².